The van der Waals surface area contributed by atoms with Crippen LogP contribution in [0.15, 0.2) is 152 Å². The molecule has 6 aromatic carbocycles. The number of nitrogens with zero attached hydrogens (tertiary/aromatic N) is 4. The van der Waals surface area contributed by atoms with Gasteiger partial charge in [0.1, 0.15) is 11.5 Å². The number of rotatable bonds is 7. The Labute approximate surface area is 341 Å². The van der Waals surface area contributed by atoms with Crippen LogP contribution in [0.25, 0.3) is 67.0 Å². The second-order valence-electron chi connectivity index (χ2n) is 15.2. The molecule has 0 unspecified atom stereocenters. The molecule has 3 heterocycles. The van der Waals surface area contributed by atoms with E-state index in [1.54, 1.807) is 0 Å². The van der Waals surface area contributed by atoms with E-state index in [0.29, 0.717) is 11.5 Å². The van der Waals surface area contributed by atoms with Crippen molar-refractivity contribution in [3.8, 4) is 56.6 Å². The Balaban J connectivity index is 0.00000441. The van der Waals surface area contributed by atoms with Gasteiger partial charge in [0.15, 0.2) is 0 Å². The third-order valence-corrected chi connectivity index (χ3v) is 10.1. The largest absolute Gasteiger partial charge is 2.00 e. The quantitative estimate of drug-likeness (QED) is 0.119. The topological polar surface area (TPSA) is 44.9 Å². The van der Waals surface area contributed by atoms with Crippen molar-refractivity contribution in [2.45, 2.75) is 40.0 Å². The minimum atomic E-state index is 0. The monoisotopic (exact) mass is 818 g/mol. The van der Waals surface area contributed by atoms with Gasteiger partial charge in [-0.15, -0.1) is 35.7 Å². The smallest absolute Gasteiger partial charge is 0.509 e. The average Bonchev–Trinajstić information content (AvgIpc) is 3.75. The number of para-hydroxylation sites is 1. The number of aryl methyl sites for hydroxylation is 2. The van der Waals surface area contributed by atoms with Gasteiger partial charge in [0.25, 0.3) is 0 Å². The van der Waals surface area contributed by atoms with E-state index in [1.807, 2.05) is 41.2 Å². The van der Waals surface area contributed by atoms with Crippen molar-refractivity contribution in [3.05, 3.63) is 181 Å². The van der Waals surface area contributed by atoms with Crippen LogP contribution in [-0.4, -0.2) is 19.3 Å². The molecule has 9 aromatic rings. The van der Waals surface area contributed by atoms with E-state index >= 15 is 0 Å². The number of fused-ring (bicyclic) bond motifs is 3. The maximum absolute atomic E-state index is 6.65. The van der Waals surface area contributed by atoms with Crippen LogP contribution in [-0.2, 0) is 25.8 Å². The first-order valence-corrected chi connectivity index (χ1v) is 18.7. The minimum absolute atomic E-state index is 0. The van der Waals surface area contributed by atoms with Crippen molar-refractivity contribution in [2.24, 2.45) is 0 Å². The summed E-state index contributed by atoms with van der Waals surface area (Å²) in [5.74, 6) is 2.01. The van der Waals surface area contributed by atoms with Crippen LogP contribution in [0.2, 0.25) is 0 Å². The first-order valence-electron chi connectivity index (χ1n) is 18.7. The predicted molar refractivity (Wildman–Crippen MR) is 224 cm³/mol. The SMILES string of the molecule is Cc1cc(Oc2[c-]c3c(cc2)c2ccccc2n3-c2cc(C)ccn2)[c-]c(-n2nc(-c3ccccc3)c(-c3ccc(C(C)(C)C)cc3)c2-c2ccccc2)c1.[Pd+2]. The molecule has 0 spiro atoms. The number of pyridine rings is 1. The number of benzene rings is 6. The number of hydrogen-bond acceptors (Lipinski definition) is 3. The molecule has 56 heavy (non-hydrogen) atoms. The van der Waals surface area contributed by atoms with E-state index < -0.39 is 0 Å². The summed E-state index contributed by atoms with van der Waals surface area (Å²) in [6.45, 7) is 10.9. The fourth-order valence-electron chi connectivity index (χ4n) is 7.43. The summed E-state index contributed by atoms with van der Waals surface area (Å²) in [4.78, 5) is 4.74. The second kappa shape index (κ2) is 14.9. The molecule has 9 rings (SSSR count). The van der Waals surface area contributed by atoms with Crippen LogP contribution < -0.4 is 4.74 Å². The normalized spacial score (nSPS) is 11.5. The summed E-state index contributed by atoms with van der Waals surface area (Å²) in [7, 11) is 0. The Morgan fingerprint density at radius 2 is 1.30 bits per heavy atom. The first-order chi connectivity index (χ1) is 26.7. The van der Waals surface area contributed by atoms with Crippen molar-refractivity contribution in [3.63, 3.8) is 0 Å². The van der Waals surface area contributed by atoms with Crippen LogP contribution in [0, 0.1) is 26.0 Å². The average molecular weight is 819 g/mol. The van der Waals surface area contributed by atoms with Crippen molar-refractivity contribution in [2.75, 3.05) is 0 Å². The van der Waals surface area contributed by atoms with E-state index in [9.17, 15) is 0 Å². The molecule has 0 N–H and O–H groups in total. The fraction of sp³-hybridized carbons (Fsp3) is 0.120. The molecule has 0 radical (unpaired) electrons. The van der Waals surface area contributed by atoms with Gasteiger partial charge in [0.2, 0.25) is 0 Å². The third kappa shape index (κ3) is 6.88. The molecule has 0 saturated carbocycles. The zero-order valence-corrected chi connectivity index (χ0v) is 33.5. The zero-order chi connectivity index (χ0) is 37.7. The molecular formula is C50H40N4OPd. The van der Waals surface area contributed by atoms with Crippen molar-refractivity contribution < 1.29 is 25.2 Å². The van der Waals surface area contributed by atoms with Crippen LogP contribution in [0.5, 0.6) is 11.5 Å². The van der Waals surface area contributed by atoms with Gasteiger partial charge in [-0.1, -0.05) is 136 Å². The summed E-state index contributed by atoms with van der Waals surface area (Å²) in [5.41, 5.74) is 12.4. The summed E-state index contributed by atoms with van der Waals surface area (Å²) >= 11 is 0. The maximum atomic E-state index is 6.65. The van der Waals surface area contributed by atoms with Gasteiger partial charge in [0, 0.05) is 39.9 Å². The van der Waals surface area contributed by atoms with Gasteiger partial charge >= 0.3 is 20.4 Å². The van der Waals surface area contributed by atoms with Crippen LogP contribution in [0.1, 0.15) is 37.5 Å². The predicted octanol–water partition coefficient (Wildman–Crippen LogP) is 12.7. The molecule has 0 amide bonds. The van der Waals surface area contributed by atoms with Crippen LogP contribution in [0.3, 0.4) is 0 Å². The van der Waals surface area contributed by atoms with Crippen molar-refractivity contribution >= 4 is 21.8 Å². The van der Waals surface area contributed by atoms with Gasteiger partial charge in [-0.3, -0.25) is 4.68 Å². The molecule has 3 aromatic heterocycles. The van der Waals surface area contributed by atoms with Gasteiger partial charge in [0.05, 0.1) is 5.69 Å². The summed E-state index contributed by atoms with van der Waals surface area (Å²) in [6, 6.07) is 57.8. The molecule has 6 heteroatoms. The standard InChI is InChI=1S/C50H40N4O.Pd/c1-33-26-27-51-46(30-33)53-44-19-13-12-18-42(44)43-25-24-40(32-45(43)53)55-41-29-34(2)28-39(31-41)54-49(37-16-10-7-11-17-37)47(48(52-54)36-14-8-6-9-15-36)35-20-22-38(23-21-35)50(3,4)5;/h6-30H,1-5H3;/q-2;+2. The van der Waals surface area contributed by atoms with E-state index in [2.05, 4.69) is 167 Å². The fourth-order valence-corrected chi connectivity index (χ4v) is 7.43. The molecule has 5 nitrogen and oxygen atoms in total. The first kappa shape index (κ1) is 36.9. The van der Waals surface area contributed by atoms with Gasteiger partial charge < -0.3 is 9.30 Å². The molecular weight excluding hydrogens is 779 g/mol. The minimum Gasteiger partial charge on any atom is -0.509 e. The Kier molecular flexibility index (Phi) is 9.80. The number of hydrogen-bond donors (Lipinski definition) is 0. The van der Waals surface area contributed by atoms with Gasteiger partial charge in [-0.05, 0) is 58.3 Å². The number of aromatic nitrogens is 4. The third-order valence-electron chi connectivity index (χ3n) is 10.1. The summed E-state index contributed by atoms with van der Waals surface area (Å²) < 4.78 is 10.8. The molecule has 276 valence electrons. The summed E-state index contributed by atoms with van der Waals surface area (Å²) in [5, 5.41) is 7.61. The van der Waals surface area contributed by atoms with Crippen LogP contribution in [0.4, 0.5) is 0 Å². The molecule has 0 fully saturated rings. The Bertz CT molecular complexity index is 2830. The molecule has 0 bridgehead atoms. The summed E-state index contributed by atoms with van der Waals surface area (Å²) in [6.07, 6.45) is 1.85. The molecule has 0 aliphatic rings. The van der Waals surface area contributed by atoms with Crippen LogP contribution >= 0.6 is 0 Å². The maximum Gasteiger partial charge on any atom is 2.00 e. The Morgan fingerprint density at radius 3 is 2.02 bits per heavy atom. The van der Waals surface area contributed by atoms with E-state index in [4.69, 9.17) is 14.8 Å². The Morgan fingerprint density at radius 1 is 0.607 bits per heavy atom. The molecule has 0 aliphatic heterocycles. The second-order valence-corrected chi connectivity index (χ2v) is 15.2. The molecule has 0 aliphatic carbocycles. The van der Waals surface area contributed by atoms with E-state index in [0.717, 1.165) is 78.1 Å². The molecule has 0 saturated heterocycles. The number of ether oxygens (including phenoxy) is 1. The van der Waals surface area contributed by atoms with Crippen molar-refractivity contribution in [1.29, 1.82) is 0 Å². The van der Waals surface area contributed by atoms with E-state index in [1.165, 1.54) is 5.56 Å². The zero-order valence-electron chi connectivity index (χ0n) is 31.9. The van der Waals surface area contributed by atoms with Gasteiger partial charge in [-0.2, -0.15) is 16.7 Å². The van der Waals surface area contributed by atoms with Gasteiger partial charge in [-0.25, -0.2) is 4.98 Å². The molecule has 0 atom stereocenters. The van der Waals surface area contributed by atoms with Crippen molar-refractivity contribution in [1.82, 2.24) is 19.3 Å². The van der Waals surface area contributed by atoms with E-state index in [-0.39, 0.29) is 25.8 Å². The Hall–Kier alpha value is -6.06.